The van der Waals surface area contributed by atoms with Gasteiger partial charge in [0.15, 0.2) is 0 Å². The Bertz CT molecular complexity index is 367. The summed E-state index contributed by atoms with van der Waals surface area (Å²) in [5, 5.41) is 0. The highest BCUT2D eigenvalue weighted by atomic mass is 16.5. The summed E-state index contributed by atoms with van der Waals surface area (Å²) in [6.45, 7) is 0. The molecule has 0 heterocycles. The molecule has 0 aliphatic carbocycles. The van der Waals surface area contributed by atoms with E-state index < -0.39 is 6.04 Å². The van der Waals surface area contributed by atoms with Gasteiger partial charge in [0.2, 0.25) is 0 Å². The first-order chi connectivity index (χ1) is 8.15. The van der Waals surface area contributed by atoms with Crippen molar-refractivity contribution in [3.8, 4) is 17.2 Å². The smallest absolute Gasteiger partial charge is 0.137 e. The third-order valence-electron chi connectivity index (χ3n) is 2.43. The summed E-state index contributed by atoms with van der Waals surface area (Å²) in [6, 6.07) is 2.89. The molecule has 0 aliphatic heterocycles. The second-order valence-corrected chi connectivity index (χ2v) is 3.51. The molecule has 0 bridgehead atoms. The van der Waals surface area contributed by atoms with E-state index in [4.69, 9.17) is 19.9 Å². The highest BCUT2D eigenvalue weighted by Gasteiger charge is 2.15. The monoisotopic (exact) mass is 239 g/mol. The molecule has 17 heavy (non-hydrogen) atoms. The minimum atomic E-state index is -0.578. The lowest BCUT2D eigenvalue weighted by Gasteiger charge is -2.15. The second-order valence-electron chi connectivity index (χ2n) is 3.51. The largest absolute Gasteiger partial charge is 0.496 e. The van der Waals surface area contributed by atoms with Gasteiger partial charge < -0.3 is 24.7 Å². The van der Waals surface area contributed by atoms with Gasteiger partial charge in [-0.1, -0.05) is 0 Å². The number of ether oxygens (including phenoxy) is 3. The molecule has 0 fully saturated rings. The molecule has 94 valence electrons. The van der Waals surface area contributed by atoms with Crippen LogP contribution >= 0.6 is 0 Å². The number of aldehydes is 1. The van der Waals surface area contributed by atoms with Crippen LogP contribution in [0.25, 0.3) is 0 Å². The number of methoxy groups -OCH3 is 3. The molecule has 0 amide bonds. The Morgan fingerprint density at radius 3 is 2.06 bits per heavy atom. The summed E-state index contributed by atoms with van der Waals surface area (Å²) in [5.74, 6) is 1.82. The Kier molecular flexibility index (Phi) is 4.78. The molecule has 1 atom stereocenters. The average Bonchev–Trinajstić information content (AvgIpc) is 2.38. The maximum absolute atomic E-state index is 10.6. The van der Waals surface area contributed by atoms with Gasteiger partial charge in [0.25, 0.3) is 0 Å². The van der Waals surface area contributed by atoms with Gasteiger partial charge in [0.1, 0.15) is 23.5 Å². The van der Waals surface area contributed by atoms with Gasteiger partial charge in [0.05, 0.1) is 27.4 Å². The van der Waals surface area contributed by atoms with E-state index in [1.165, 1.54) is 0 Å². The molecular weight excluding hydrogens is 222 g/mol. The summed E-state index contributed by atoms with van der Waals surface area (Å²) in [6.07, 6.45) is 1.06. The van der Waals surface area contributed by atoms with Crippen molar-refractivity contribution in [2.24, 2.45) is 5.73 Å². The average molecular weight is 239 g/mol. The van der Waals surface area contributed by atoms with Crippen LogP contribution in [-0.2, 0) is 11.2 Å². The van der Waals surface area contributed by atoms with Crippen molar-refractivity contribution in [2.45, 2.75) is 12.5 Å². The van der Waals surface area contributed by atoms with E-state index in [0.29, 0.717) is 30.0 Å². The van der Waals surface area contributed by atoms with Gasteiger partial charge in [-0.3, -0.25) is 0 Å². The number of nitrogens with two attached hydrogens (primary N) is 1. The van der Waals surface area contributed by atoms with Crippen molar-refractivity contribution in [1.82, 2.24) is 0 Å². The van der Waals surface area contributed by atoms with Crippen molar-refractivity contribution >= 4 is 6.29 Å². The van der Waals surface area contributed by atoms with Crippen molar-refractivity contribution in [3.05, 3.63) is 17.7 Å². The van der Waals surface area contributed by atoms with Gasteiger partial charge in [0, 0.05) is 24.1 Å². The second kappa shape index (κ2) is 6.10. The Balaban J connectivity index is 3.19. The van der Waals surface area contributed by atoms with Crippen LogP contribution in [0.3, 0.4) is 0 Å². The van der Waals surface area contributed by atoms with Crippen LogP contribution in [0.5, 0.6) is 17.2 Å². The standard InChI is InChI=1S/C12H17NO4/c1-15-9-5-11(16-2)10(4-8(13)7-14)12(6-9)17-3/h5-8H,4,13H2,1-3H3/t8-/m0/s1. The predicted molar refractivity (Wildman–Crippen MR) is 63.8 cm³/mol. The van der Waals surface area contributed by atoms with Gasteiger partial charge >= 0.3 is 0 Å². The summed E-state index contributed by atoms with van der Waals surface area (Å²) >= 11 is 0. The fourth-order valence-electron chi connectivity index (χ4n) is 1.56. The van der Waals surface area contributed by atoms with Gasteiger partial charge in [-0.2, -0.15) is 0 Å². The first-order valence-corrected chi connectivity index (χ1v) is 5.16. The van der Waals surface area contributed by atoms with Crippen LogP contribution in [0.1, 0.15) is 5.56 Å². The van der Waals surface area contributed by atoms with Crippen molar-refractivity contribution < 1.29 is 19.0 Å². The third-order valence-corrected chi connectivity index (χ3v) is 2.43. The SMILES string of the molecule is COc1cc(OC)c(C[C@H](N)C=O)c(OC)c1. The number of benzene rings is 1. The van der Waals surface area contributed by atoms with E-state index in [9.17, 15) is 4.79 Å². The van der Waals surface area contributed by atoms with Crippen molar-refractivity contribution in [2.75, 3.05) is 21.3 Å². The zero-order chi connectivity index (χ0) is 12.8. The highest BCUT2D eigenvalue weighted by Crippen LogP contribution is 2.34. The maximum Gasteiger partial charge on any atom is 0.137 e. The van der Waals surface area contributed by atoms with Crippen molar-refractivity contribution in [3.63, 3.8) is 0 Å². The summed E-state index contributed by atoms with van der Waals surface area (Å²) in [4.78, 5) is 10.6. The summed E-state index contributed by atoms with van der Waals surface area (Å²) in [7, 11) is 4.65. The molecule has 0 radical (unpaired) electrons. The minimum absolute atomic E-state index is 0.361. The molecule has 0 aromatic heterocycles. The topological polar surface area (TPSA) is 70.8 Å². The Morgan fingerprint density at radius 1 is 1.18 bits per heavy atom. The molecule has 0 saturated heterocycles. The summed E-state index contributed by atoms with van der Waals surface area (Å²) in [5.41, 5.74) is 6.37. The van der Waals surface area contributed by atoms with Crippen LogP contribution in [0.4, 0.5) is 0 Å². The van der Waals surface area contributed by atoms with Gasteiger partial charge in [-0.15, -0.1) is 0 Å². The van der Waals surface area contributed by atoms with Gasteiger partial charge in [-0.25, -0.2) is 0 Å². The van der Waals surface area contributed by atoms with Crippen LogP contribution in [0.2, 0.25) is 0 Å². The number of rotatable bonds is 6. The molecule has 1 aromatic carbocycles. The molecule has 1 rings (SSSR count). The van der Waals surface area contributed by atoms with E-state index in [0.717, 1.165) is 5.56 Å². The summed E-state index contributed by atoms with van der Waals surface area (Å²) < 4.78 is 15.6. The van der Waals surface area contributed by atoms with Crippen LogP contribution in [0.15, 0.2) is 12.1 Å². The highest BCUT2D eigenvalue weighted by molar-refractivity contribution is 5.60. The fourth-order valence-corrected chi connectivity index (χ4v) is 1.56. The number of carbonyl (C=O) groups is 1. The molecule has 2 N–H and O–H groups in total. The molecule has 5 heteroatoms. The molecule has 0 aliphatic rings. The third kappa shape index (κ3) is 3.10. The van der Waals surface area contributed by atoms with Gasteiger partial charge in [-0.05, 0) is 0 Å². The lowest BCUT2D eigenvalue weighted by atomic mass is 10.0. The van der Waals surface area contributed by atoms with E-state index in [1.807, 2.05) is 0 Å². The van der Waals surface area contributed by atoms with E-state index in [-0.39, 0.29) is 0 Å². The number of hydrogen-bond donors (Lipinski definition) is 1. The number of carbonyl (C=O) groups excluding carboxylic acids is 1. The first kappa shape index (κ1) is 13.3. The minimum Gasteiger partial charge on any atom is -0.496 e. The van der Waals surface area contributed by atoms with E-state index >= 15 is 0 Å². The fraction of sp³-hybridized carbons (Fsp3) is 0.417. The van der Waals surface area contributed by atoms with Crippen molar-refractivity contribution in [1.29, 1.82) is 0 Å². The zero-order valence-corrected chi connectivity index (χ0v) is 10.2. The normalized spacial score (nSPS) is 11.8. The first-order valence-electron chi connectivity index (χ1n) is 5.16. The molecule has 5 nitrogen and oxygen atoms in total. The lowest BCUT2D eigenvalue weighted by Crippen LogP contribution is -2.24. The molecule has 0 unspecified atom stereocenters. The maximum atomic E-state index is 10.6. The molecular formula is C12H17NO4. The molecule has 0 spiro atoms. The van der Waals surface area contributed by atoms with E-state index in [1.54, 1.807) is 33.5 Å². The van der Waals surface area contributed by atoms with Crippen LogP contribution in [-0.4, -0.2) is 33.7 Å². The molecule has 0 saturated carbocycles. The van der Waals surface area contributed by atoms with Crippen LogP contribution < -0.4 is 19.9 Å². The number of hydrogen-bond acceptors (Lipinski definition) is 5. The lowest BCUT2D eigenvalue weighted by molar-refractivity contribution is -0.108. The van der Waals surface area contributed by atoms with E-state index in [2.05, 4.69) is 0 Å². The molecule has 1 aromatic rings. The predicted octanol–water partition coefficient (Wildman–Crippen LogP) is 0.781. The van der Waals surface area contributed by atoms with Crippen LogP contribution in [0, 0.1) is 0 Å². The Hall–Kier alpha value is -1.75. The Labute approximate surface area is 100 Å². The zero-order valence-electron chi connectivity index (χ0n) is 10.2. The quantitative estimate of drug-likeness (QED) is 0.743. The Morgan fingerprint density at radius 2 is 1.71 bits per heavy atom.